The minimum absolute atomic E-state index is 0.313. The van der Waals surface area contributed by atoms with E-state index in [4.69, 9.17) is 10.9 Å². The SMILES string of the molecule is NN[C@@H](Cc1ccc(N=C=S)cc1)C(=O)O. The molecular weight excluding hydrogens is 226 g/mol. The molecule has 0 heterocycles. The fraction of sp³-hybridized carbons (Fsp3) is 0.200. The van der Waals surface area contributed by atoms with Crippen molar-refractivity contribution in [3.8, 4) is 0 Å². The van der Waals surface area contributed by atoms with Crippen LogP contribution >= 0.6 is 12.2 Å². The largest absolute Gasteiger partial charge is 0.480 e. The second kappa shape index (κ2) is 6.09. The van der Waals surface area contributed by atoms with E-state index in [0.29, 0.717) is 12.1 Å². The van der Waals surface area contributed by atoms with E-state index < -0.39 is 12.0 Å². The monoisotopic (exact) mass is 237 g/mol. The lowest BCUT2D eigenvalue weighted by Crippen LogP contribution is -2.42. The van der Waals surface area contributed by atoms with Gasteiger partial charge in [-0.25, -0.2) is 5.43 Å². The van der Waals surface area contributed by atoms with Crippen LogP contribution in [0.15, 0.2) is 29.3 Å². The average molecular weight is 237 g/mol. The van der Waals surface area contributed by atoms with Gasteiger partial charge in [-0.15, -0.1) is 0 Å². The van der Waals surface area contributed by atoms with Gasteiger partial charge in [0, 0.05) is 0 Å². The summed E-state index contributed by atoms with van der Waals surface area (Å²) in [6.07, 6.45) is 0.313. The average Bonchev–Trinajstić information content (AvgIpc) is 2.28. The van der Waals surface area contributed by atoms with Crippen molar-refractivity contribution in [2.75, 3.05) is 0 Å². The fourth-order valence-corrected chi connectivity index (χ4v) is 1.32. The number of rotatable bonds is 5. The molecule has 84 valence electrons. The maximum Gasteiger partial charge on any atom is 0.322 e. The van der Waals surface area contributed by atoms with Crippen LogP contribution < -0.4 is 11.3 Å². The van der Waals surface area contributed by atoms with E-state index in [1.165, 1.54) is 0 Å². The van der Waals surface area contributed by atoms with Crippen LogP contribution in [0, 0.1) is 0 Å². The molecule has 0 aromatic heterocycles. The first-order valence-corrected chi connectivity index (χ1v) is 4.94. The molecule has 0 saturated carbocycles. The van der Waals surface area contributed by atoms with Gasteiger partial charge in [-0.2, -0.15) is 4.99 Å². The Kier molecular flexibility index (Phi) is 4.75. The first-order chi connectivity index (χ1) is 7.67. The molecule has 0 aliphatic rings. The fourth-order valence-electron chi connectivity index (χ4n) is 1.21. The van der Waals surface area contributed by atoms with Crippen LogP contribution in [0.4, 0.5) is 5.69 Å². The number of carboxylic acids is 1. The highest BCUT2D eigenvalue weighted by molar-refractivity contribution is 7.78. The highest BCUT2D eigenvalue weighted by atomic mass is 32.1. The molecule has 6 heteroatoms. The number of benzene rings is 1. The predicted octanol–water partition coefficient (Wildman–Crippen LogP) is 0.880. The van der Waals surface area contributed by atoms with Crippen molar-refractivity contribution >= 4 is 29.0 Å². The molecule has 1 aromatic carbocycles. The van der Waals surface area contributed by atoms with Crippen LogP contribution in [-0.2, 0) is 11.2 Å². The summed E-state index contributed by atoms with van der Waals surface area (Å²) < 4.78 is 0. The quantitative estimate of drug-likeness (QED) is 0.306. The molecule has 1 atom stereocenters. The lowest BCUT2D eigenvalue weighted by Gasteiger charge is -2.10. The second-order valence-electron chi connectivity index (χ2n) is 3.13. The third-order valence-corrected chi connectivity index (χ3v) is 2.14. The third-order valence-electron chi connectivity index (χ3n) is 2.05. The van der Waals surface area contributed by atoms with Crippen molar-refractivity contribution in [1.29, 1.82) is 0 Å². The molecule has 0 spiro atoms. The third kappa shape index (κ3) is 3.52. The van der Waals surface area contributed by atoms with Gasteiger partial charge in [0.2, 0.25) is 0 Å². The molecule has 4 N–H and O–H groups in total. The van der Waals surface area contributed by atoms with Gasteiger partial charge in [-0.05, 0) is 36.3 Å². The van der Waals surface area contributed by atoms with Crippen LogP contribution in [0.1, 0.15) is 5.56 Å². The Hall–Kier alpha value is -1.59. The van der Waals surface area contributed by atoms with E-state index >= 15 is 0 Å². The maximum atomic E-state index is 10.7. The molecule has 0 aliphatic carbocycles. The van der Waals surface area contributed by atoms with Gasteiger partial charge in [0.25, 0.3) is 0 Å². The minimum atomic E-state index is -0.983. The Balaban J connectivity index is 2.74. The molecule has 16 heavy (non-hydrogen) atoms. The van der Waals surface area contributed by atoms with E-state index in [0.717, 1.165) is 5.56 Å². The number of thiocarbonyl (C=S) groups is 1. The van der Waals surface area contributed by atoms with Crippen molar-refractivity contribution in [2.24, 2.45) is 10.8 Å². The number of hydrazine groups is 1. The maximum absolute atomic E-state index is 10.7. The number of aliphatic carboxylic acids is 1. The number of carbonyl (C=O) groups is 1. The van der Waals surface area contributed by atoms with Gasteiger partial charge >= 0.3 is 5.97 Å². The van der Waals surface area contributed by atoms with Crippen molar-refractivity contribution in [1.82, 2.24) is 5.43 Å². The summed E-state index contributed by atoms with van der Waals surface area (Å²) in [6, 6.07) is 6.24. The van der Waals surface area contributed by atoms with Crippen molar-refractivity contribution in [3.05, 3.63) is 29.8 Å². The van der Waals surface area contributed by atoms with Gasteiger partial charge in [0.05, 0.1) is 10.8 Å². The van der Waals surface area contributed by atoms with Crippen LogP contribution in [0.2, 0.25) is 0 Å². The van der Waals surface area contributed by atoms with Crippen LogP contribution in [-0.4, -0.2) is 22.3 Å². The Bertz CT molecular complexity index is 413. The molecule has 0 bridgehead atoms. The summed E-state index contributed by atoms with van der Waals surface area (Å²) in [7, 11) is 0. The molecule has 0 radical (unpaired) electrons. The summed E-state index contributed by atoms with van der Waals surface area (Å²) >= 11 is 4.47. The zero-order chi connectivity index (χ0) is 12.0. The molecule has 0 aliphatic heterocycles. The Labute approximate surface area is 98.0 Å². The number of isothiocyanates is 1. The minimum Gasteiger partial charge on any atom is -0.480 e. The van der Waals surface area contributed by atoms with E-state index in [1.54, 1.807) is 24.3 Å². The predicted molar refractivity (Wildman–Crippen MR) is 63.6 cm³/mol. The van der Waals surface area contributed by atoms with Gasteiger partial charge < -0.3 is 5.11 Å². The van der Waals surface area contributed by atoms with Gasteiger partial charge in [0.1, 0.15) is 6.04 Å². The van der Waals surface area contributed by atoms with Crippen molar-refractivity contribution in [3.63, 3.8) is 0 Å². The topological polar surface area (TPSA) is 87.7 Å². The molecule has 0 fully saturated rings. The number of nitrogens with two attached hydrogens (primary N) is 1. The van der Waals surface area contributed by atoms with Crippen LogP contribution in [0.3, 0.4) is 0 Å². The van der Waals surface area contributed by atoms with Crippen molar-refractivity contribution in [2.45, 2.75) is 12.5 Å². The summed E-state index contributed by atoms with van der Waals surface area (Å²) in [4.78, 5) is 14.5. The molecule has 0 unspecified atom stereocenters. The highest BCUT2D eigenvalue weighted by Crippen LogP contribution is 2.13. The number of hydrogen-bond donors (Lipinski definition) is 3. The van der Waals surface area contributed by atoms with Gasteiger partial charge in [0.15, 0.2) is 0 Å². The van der Waals surface area contributed by atoms with E-state index in [9.17, 15) is 4.79 Å². The smallest absolute Gasteiger partial charge is 0.322 e. The number of carboxylic acid groups (broad SMARTS) is 1. The van der Waals surface area contributed by atoms with Crippen molar-refractivity contribution < 1.29 is 9.90 Å². The Morgan fingerprint density at radius 1 is 1.56 bits per heavy atom. The van der Waals surface area contributed by atoms with E-state index in [1.807, 2.05) is 0 Å². The van der Waals surface area contributed by atoms with Gasteiger partial charge in [-0.1, -0.05) is 12.1 Å². The molecule has 0 saturated heterocycles. The molecule has 1 aromatic rings. The summed E-state index contributed by atoms with van der Waals surface area (Å²) in [5, 5.41) is 11.0. The molecule has 0 amide bonds. The Morgan fingerprint density at radius 3 is 2.62 bits per heavy atom. The first-order valence-electron chi connectivity index (χ1n) is 4.53. The second-order valence-corrected chi connectivity index (χ2v) is 3.31. The highest BCUT2D eigenvalue weighted by Gasteiger charge is 2.15. The number of nitrogens with zero attached hydrogens (tertiary/aromatic N) is 1. The number of aliphatic imine (C=N–C) groups is 1. The number of nitrogens with one attached hydrogen (secondary N) is 1. The lowest BCUT2D eigenvalue weighted by molar-refractivity contribution is -0.139. The normalized spacial score (nSPS) is 11.6. The van der Waals surface area contributed by atoms with Crippen LogP contribution in [0.5, 0.6) is 0 Å². The summed E-state index contributed by atoms with van der Waals surface area (Å²) in [5.74, 6) is 4.14. The van der Waals surface area contributed by atoms with E-state index in [-0.39, 0.29) is 0 Å². The van der Waals surface area contributed by atoms with Crippen LogP contribution in [0.25, 0.3) is 0 Å². The summed E-state index contributed by atoms with van der Waals surface area (Å²) in [6.45, 7) is 0. The number of hydrogen-bond acceptors (Lipinski definition) is 5. The first kappa shape index (κ1) is 12.5. The molecular formula is C10H11N3O2S. The molecule has 1 rings (SSSR count). The molecule has 5 nitrogen and oxygen atoms in total. The standard InChI is InChI=1S/C10H11N3O2S/c11-13-9(10(14)15)5-7-1-3-8(4-2-7)12-6-16/h1-4,9,13H,5,11H2,(H,14,15)/t9-/m0/s1. The van der Waals surface area contributed by atoms with E-state index in [2.05, 4.69) is 27.8 Å². The van der Waals surface area contributed by atoms with Gasteiger partial charge in [-0.3, -0.25) is 10.6 Å². The zero-order valence-corrected chi connectivity index (χ0v) is 9.20. The summed E-state index contributed by atoms with van der Waals surface area (Å²) in [5.41, 5.74) is 3.78. The Morgan fingerprint density at radius 2 is 2.19 bits per heavy atom. The lowest BCUT2D eigenvalue weighted by atomic mass is 10.1. The zero-order valence-electron chi connectivity index (χ0n) is 8.38.